The molecule has 0 bridgehead atoms. The molecule has 0 saturated heterocycles. The molecule has 1 aromatic carbocycles. The minimum atomic E-state index is -0.246. The minimum absolute atomic E-state index is 0.0169. The molecule has 0 heterocycles. The monoisotopic (exact) mass is 266 g/mol. The van der Waals surface area contributed by atoms with Crippen LogP contribution in [0, 0.1) is 6.92 Å². The number of nitrogens with one attached hydrogen (secondary N) is 2. The summed E-state index contributed by atoms with van der Waals surface area (Å²) in [6.45, 7) is 3.84. The summed E-state index contributed by atoms with van der Waals surface area (Å²) in [4.78, 5) is 11.9. The molecule has 1 unspecified atom stereocenters. The second-order valence-corrected chi connectivity index (χ2v) is 4.49. The highest BCUT2D eigenvalue weighted by atomic mass is 32.1. The molecule has 98 valence electrons. The predicted octanol–water partition coefficient (Wildman–Crippen LogP) is 1.37. The van der Waals surface area contributed by atoms with Crippen molar-refractivity contribution in [1.29, 1.82) is 0 Å². The fourth-order valence-corrected chi connectivity index (χ4v) is 1.72. The molecule has 0 aliphatic heterocycles. The van der Waals surface area contributed by atoms with Crippen LogP contribution in [0.3, 0.4) is 0 Å². The number of hydrogen-bond acceptors (Lipinski definition) is 3. The number of rotatable bonds is 4. The van der Waals surface area contributed by atoms with Gasteiger partial charge in [0.25, 0.3) is 5.91 Å². The summed E-state index contributed by atoms with van der Waals surface area (Å²) in [5, 5.41) is 14.7. The van der Waals surface area contributed by atoms with Crippen LogP contribution in [0.1, 0.15) is 29.3 Å². The van der Waals surface area contributed by atoms with Gasteiger partial charge >= 0.3 is 0 Å². The third-order valence-corrected chi connectivity index (χ3v) is 2.78. The largest absolute Gasteiger partial charge is 0.394 e. The Bertz CT molecular complexity index is 431. The van der Waals surface area contributed by atoms with Gasteiger partial charge in [-0.2, -0.15) is 0 Å². The molecule has 4 nitrogen and oxygen atoms in total. The first-order chi connectivity index (χ1) is 8.56. The molecule has 0 aromatic heterocycles. The Balaban J connectivity index is 2.57. The Morgan fingerprint density at radius 3 is 2.78 bits per heavy atom. The number of aryl methyl sites for hydroxylation is 1. The van der Waals surface area contributed by atoms with Gasteiger partial charge in [-0.15, -0.1) is 0 Å². The molecule has 5 heteroatoms. The smallest absolute Gasteiger partial charge is 0.257 e. The van der Waals surface area contributed by atoms with Crippen LogP contribution in [0.2, 0.25) is 0 Å². The summed E-state index contributed by atoms with van der Waals surface area (Å²) < 4.78 is 0. The lowest BCUT2D eigenvalue weighted by molar-refractivity contribution is 0.0976. The fourth-order valence-electron chi connectivity index (χ4n) is 1.46. The fraction of sp³-hybridized carbons (Fsp3) is 0.385. The maximum atomic E-state index is 11.9. The Morgan fingerprint density at radius 2 is 2.22 bits per heavy atom. The van der Waals surface area contributed by atoms with E-state index in [1.165, 1.54) is 0 Å². The number of carbonyl (C=O) groups excluding carboxylic acids is 1. The van der Waals surface area contributed by atoms with Crippen molar-refractivity contribution in [2.24, 2.45) is 0 Å². The van der Waals surface area contributed by atoms with Crippen LogP contribution >= 0.6 is 12.2 Å². The highest BCUT2D eigenvalue weighted by Gasteiger charge is 2.10. The van der Waals surface area contributed by atoms with Crippen molar-refractivity contribution in [2.75, 3.05) is 6.61 Å². The lowest BCUT2D eigenvalue weighted by atomic mass is 10.1. The van der Waals surface area contributed by atoms with Crippen molar-refractivity contribution in [3.63, 3.8) is 0 Å². The minimum Gasteiger partial charge on any atom is -0.394 e. The van der Waals surface area contributed by atoms with Gasteiger partial charge in [-0.05, 0) is 37.7 Å². The van der Waals surface area contributed by atoms with E-state index >= 15 is 0 Å². The Labute approximate surface area is 112 Å². The quantitative estimate of drug-likeness (QED) is 0.720. The first kappa shape index (κ1) is 14.6. The third-order valence-electron chi connectivity index (χ3n) is 2.56. The molecule has 0 fully saturated rings. The Morgan fingerprint density at radius 1 is 1.50 bits per heavy atom. The van der Waals surface area contributed by atoms with Crippen LogP contribution in [0.15, 0.2) is 24.3 Å². The molecule has 0 saturated carbocycles. The molecule has 0 aliphatic carbocycles. The zero-order chi connectivity index (χ0) is 13.5. The van der Waals surface area contributed by atoms with Crippen molar-refractivity contribution in [3.05, 3.63) is 35.4 Å². The van der Waals surface area contributed by atoms with Gasteiger partial charge in [0.15, 0.2) is 5.11 Å². The standard InChI is InChI=1S/C13H18N2O2S/c1-3-11(8-16)14-13(18)15-12(17)10-6-4-5-9(2)7-10/h4-7,11,16H,3,8H2,1-2H3,(H2,14,15,17,18). The summed E-state index contributed by atoms with van der Waals surface area (Å²) in [6.07, 6.45) is 0.733. The van der Waals surface area contributed by atoms with Gasteiger partial charge in [0, 0.05) is 5.56 Å². The molecular formula is C13H18N2O2S. The van der Waals surface area contributed by atoms with Crippen LogP contribution < -0.4 is 10.6 Å². The molecule has 1 aromatic rings. The molecule has 1 rings (SSSR count). The van der Waals surface area contributed by atoms with E-state index in [-0.39, 0.29) is 23.7 Å². The molecular weight excluding hydrogens is 248 g/mol. The van der Waals surface area contributed by atoms with Crippen molar-refractivity contribution >= 4 is 23.2 Å². The average Bonchev–Trinajstić information content (AvgIpc) is 2.35. The maximum absolute atomic E-state index is 11.9. The summed E-state index contributed by atoms with van der Waals surface area (Å²) in [5.41, 5.74) is 1.58. The molecule has 0 spiro atoms. The SMILES string of the molecule is CCC(CO)NC(=S)NC(=O)c1cccc(C)c1. The van der Waals surface area contributed by atoms with Crippen LogP contribution in [0.4, 0.5) is 0 Å². The number of thiocarbonyl (C=S) groups is 1. The normalized spacial score (nSPS) is 11.7. The second-order valence-electron chi connectivity index (χ2n) is 4.08. The first-order valence-corrected chi connectivity index (χ1v) is 6.27. The highest BCUT2D eigenvalue weighted by molar-refractivity contribution is 7.80. The van der Waals surface area contributed by atoms with E-state index in [9.17, 15) is 4.79 Å². The second kappa shape index (κ2) is 7.08. The molecule has 0 radical (unpaired) electrons. The van der Waals surface area contributed by atoms with Gasteiger partial charge in [-0.3, -0.25) is 10.1 Å². The Hall–Kier alpha value is -1.46. The third kappa shape index (κ3) is 4.43. The van der Waals surface area contributed by atoms with Gasteiger partial charge in [0.1, 0.15) is 0 Å². The van der Waals surface area contributed by atoms with E-state index in [1.807, 2.05) is 26.0 Å². The van der Waals surface area contributed by atoms with E-state index in [1.54, 1.807) is 12.1 Å². The van der Waals surface area contributed by atoms with Crippen molar-refractivity contribution in [3.8, 4) is 0 Å². The summed E-state index contributed by atoms with van der Waals surface area (Å²) in [7, 11) is 0. The summed E-state index contributed by atoms with van der Waals surface area (Å²) >= 11 is 5.02. The molecule has 18 heavy (non-hydrogen) atoms. The van der Waals surface area contributed by atoms with E-state index in [0.717, 1.165) is 12.0 Å². The number of aliphatic hydroxyl groups excluding tert-OH is 1. The van der Waals surface area contributed by atoms with Gasteiger partial charge in [-0.25, -0.2) is 0 Å². The lowest BCUT2D eigenvalue weighted by Gasteiger charge is -2.16. The maximum Gasteiger partial charge on any atom is 0.257 e. The van der Waals surface area contributed by atoms with E-state index in [2.05, 4.69) is 10.6 Å². The zero-order valence-corrected chi connectivity index (χ0v) is 11.4. The van der Waals surface area contributed by atoms with E-state index in [4.69, 9.17) is 17.3 Å². The number of aliphatic hydroxyl groups is 1. The molecule has 0 aliphatic rings. The number of hydrogen-bond donors (Lipinski definition) is 3. The van der Waals surface area contributed by atoms with Crippen molar-refractivity contribution in [2.45, 2.75) is 26.3 Å². The van der Waals surface area contributed by atoms with Gasteiger partial charge < -0.3 is 10.4 Å². The number of amides is 1. The van der Waals surface area contributed by atoms with E-state index in [0.29, 0.717) is 5.56 Å². The molecule has 3 N–H and O–H groups in total. The van der Waals surface area contributed by atoms with Crippen LogP contribution in [0.25, 0.3) is 0 Å². The van der Waals surface area contributed by atoms with E-state index < -0.39 is 0 Å². The molecule has 1 amide bonds. The lowest BCUT2D eigenvalue weighted by Crippen LogP contribution is -2.45. The average molecular weight is 266 g/mol. The molecule has 1 atom stereocenters. The summed E-state index contributed by atoms with van der Waals surface area (Å²) in [5.74, 6) is -0.246. The highest BCUT2D eigenvalue weighted by Crippen LogP contribution is 2.03. The topological polar surface area (TPSA) is 61.4 Å². The van der Waals surface area contributed by atoms with Gasteiger partial charge in [-0.1, -0.05) is 24.6 Å². The van der Waals surface area contributed by atoms with Crippen molar-refractivity contribution in [1.82, 2.24) is 10.6 Å². The van der Waals surface area contributed by atoms with Crippen LogP contribution in [-0.2, 0) is 0 Å². The van der Waals surface area contributed by atoms with Crippen molar-refractivity contribution < 1.29 is 9.90 Å². The zero-order valence-electron chi connectivity index (χ0n) is 10.6. The predicted molar refractivity (Wildman–Crippen MR) is 75.5 cm³/mol. The van der Waals surface area contributed by atoms with Gasteiger partial charge in [0.2, 0.25) is 0 Å². The number of benzene rings is 1. The summed E-state index contributed by atoms with van der Waals surface area (Å²) in [6, 6.07) is 7.14. The Kier molecular flexibility index (Phi) is 5.74. The first-order valence-electron chi connectivity index (χ1n) is 5.86. The van der Waals surface area contributed by atoms with Crippen LogP contribution in [0.5, 0.6) is 0 Å². The number of carbonyl (C=O) groups is 1. The van der Waals surface area contributed by atoms with Crippen LogP contribution in [-0.4, -0.2) is 28.8 Å². The van der Waals surface area contributed by atoms with Gasteiger partial charge in [0.05, 0.1) is 12.6 Å².